The first-order chi connectivity index (χ1) is 7.67. The molecule has 0 fully saturated rings. The van der Waals surface area contributed by atoms with Crippen LogP contribution in [0.3, 0.4) is 0 Å². The molecule has 0 amide bonds. The Hall–Kier alpha value is -1.55. The van der Waals surface area contributed by atoms with Crippen LogP contribution in [0.4, 0.5) is 0 Å². The minimum Gasteiger partial charge on any atom is -0.399 e. The summed E-state index contributed by atoms with van der Waals surface area (Å²) >= 11 is 0. The Labute approximate surface area is 96.6 Å². The van der Waals surface area contributed by atoms with Crippen molar-refractivity contribution in [3.63, 3.8) is 0 Å². The zero-order valence-corrected chi connectivity index (χ0v) is 9.97. The van der Waals surface area contributed by atoms with Crippen LogP contribution in [0.25, 0.3) is 0 Å². The van der Waals surface area contributed by atoms with Gasteiger partial charge in [0, 0.05) is 18.5 Å². The summed E-state index contributed by atoms with van der Waals surface area (Å²) in [5.41, 5.74) is 7.46. The summed E-state index contributed by atoms with van der Waals surface area (Å²) in [5.74, 6) is 0. The molecule has 0 aromatic rings. The van der Waals surface area contributed by atoms with E-state index in [1.165, 1.54) is 0 Å². The van der Waals surface area contributed by atoms with Crippen molar-refractivity contribution in [2.75, 3.05) is 7.11 Å². The Morgan fingerprint density at radius 2 is 2.38 bits per heavy atom. The average molecular weight is 221 g/mol. The number of hydrogen-bond donors (Lipinski definition) is 2. The van der Waals surface area contributed by atoms with Crippen molar-refractivity contribution >= 4 is 6.34 Å². The van der Waals surface area contributed by atoms with E-state index in [2.05, 4.69) is 10.3 Å². The van der Waals surface area contributed by atoms with Crippen LogP contribution < -0.4 is 11.1 Å². The molecule has 0 bridgehead atoms. The van der Waals surface area contributed by atoms with Crippen molar-refractivity contribution in [2.45, 2.75) is 26.0 Å². The SMILES string of the molecule is C/C=C(/C)NC=NC1C=CC(N)=CC1OC. The largest absolute Gasteiger partial charge is 0.399 e. The standard InChI is InChI=1S/C12H19N3O/c1-4-9(2)14-8-15-11-6-5-10(13)7-12(11)16-3/h4-8,11-12H,13H2,1-3H3,(H,14,15)/b9-4-. The molecule has 16 heavy (non-hydrogen) atoms. The number of allylic oxidation sites excluding steroid dienone is 3. The van der Waals surface area contributed by atoms with Crippen molar-refractivity contribution in [3.05, 3.63) is 35.7 Å². The molecule has 0 heterocycles. The number of rotatable bonds is 4. The lowest BCUT2D eigenvalue weighted by molar-refractivity contribution is 0.129. The number of methoxy groups -OCH3 is 1. The topological polar surface area (TPSA) is 59.6 Å². The van der Waals surface area contributed by atoms with Gasteiger partial charge < -0.3 is 15.8 Å². The van der Waals surface area contributed by atoms with Gasteiger partial charge in [-0.25, -0.2) is 0 Å². The molecular weight excluding hydrogens is 202 g/mol. The van der Waals surface area contributed by atoms with Crippen LogP contribution in [0.5, 0.6) is 0 Å². The number of nitrogens with one attached hydrogen (secondary N) is 1. The molecule has 0 saturated carbocycles. The van der Waals surface area contributed by atoms with Crippen LogP contribution in [-0.2, 0) is 4.74 Å². The predicted octanol–water partition coefficient (Wildman–Crippen LogP) is 1.32. The van der Waals surface area contributed by atoms with Gasteiger partial charge in [-0.3, -0.25) is 4.99 Å². The van der Waals surface area contributed by atoms with Gasteiger partial charge in [0.05, 0.1) is 12.4 Å². The molecule has 88 valence electrons. The molecule has 2 atom stereocenters. The first-order valence-electron chi connectivity index (χ1n) is 5.26. The summed E-state index contributed by atoms with van der Waals surface area (Å²) in [5, 5.41) is 3.06. The van der Waals surface area contributed by atoms with Crippen molar-refractivity contribution in [2.24, 2.45) is 10.7 Å². The molecule has 0 aromatic carbocycles. The van der Waals surface area contributed by atoms with E-state index in [-0.39, 0.29) is 12.1 Å². The fraction of sp³-hybridized carbons (Fsp3) is 0.417. The lowest BCUT2D eigenvalue weighted by Gasteiger charge is -2.20. The highest BCUT2D eigenvalue weighted by Gasteiger charge is 2.18. The quantitative estimate of drug-likeness (QED) is 0.556. The second-order valence-corrected chi connectivity index (χ2v) is 3.61. The highest BCUT2D eigenvalue weighted by molar-refractivity contribution is 5.58. The third-order valence-electron chi connectivity index (χ3n) is 2.42. The summed E-state index contributed by atoms with van der Waals surface area (Å²) in [7, 11) is 1.65. The van der Waals surface area contributed by atoms with Gasteiger partial charge in [-0.15, -0.1) is 0 Å². The van der Waals surface area contributed by atoms with Gasteiger partial charge in [0.1, 0.15) is 6.10 Å². The molecular formula is C12H19N3O. The average Bonchev–Trinajstić information content (AvgIpc) is 2.30. The summed E-state index contributed by atoms with van der Waals surface area (Å²) in [6.07, 6.45) is 9.23. The van der Waals surface area contributed by atoms with E-state index in [0.29, 0.717) is 0 Å². The minimum atomic E-state index is -0.0889. The smallest absolute Gasteiger partial charge is 0.103 e. The van der Waals surface area contributed by atoms with Crippen LogP contribution in [-0.4, -0.2) is 25.6 Å². The first kappa shape index (κ1) is 12.5. The zero-order chi connectivity index (χ0) is 12.0. The van der Waals surface area contributed by atoms with Crippen LogP contribution >= 0.6 is 0 Å². The molecule has 0 aliphatic heterocycles. The lowest BCUT2D eigenvalue weighted by Crippen LogP contribution is -2.27. The van der Waals surface area contributed by atoms with Crippen molar-refractivity contribution in [3.8, 4) is 0 Å². The van der Waals surface area contributed by atoms with E-state index in [1.54, 1.807) is 13.4 Å². The summed E-state index contributed by atoms with van der Waals surface area (Å²) < 4.78 is 5.29. The molecule has 4 heteroatoms. The van der Waals surface area contributed by atoms with Crippen molar-refractivity contribution in [1.82, 2.24) is 5.32 Å². The third kappa shape index (κ3) is 3.55. The van der Waals surface area contributed by atoms with Gasteiger partial charge in [-0.2, -0.15) is 0 Å². The van der Waals surface area contributed by atoms with Crippen molar-refractivity contribution < 1.29 is 4.74 Å². The van der Waals surface area contributed by atoms with Gasteiger partial charge in [0.2, 0.25) is 0 Å². The van der Waals surface area contributed by atoms with Gasteiger partial charge in [0.25, 0.3) is 0 Å². The highest BCUT2D eigenvalue weighted by atomic mass is 16.5. The fourth-order valence-electron chi connectivity index (χ4n) is 1.31. The minimum absolute atomic E-state index is 0.0190. The van der Waals surface area contributed by atoms with E-state index in [9.17, 15) is 0 Å². The Morgan fingerprint density at radius 1 is 1.62 bits per heavy atom. The second-order valence-electron chi connectivity index (χ2n) is 3.61. The van der Waals surface area contributed by atoms with E-state index in [1.807, 2.05) is 38.2 Å². The summed E-state index contributed by atoms with van der Waals surface area (Å²) in [4.78, 5) is 4.37. The maximum atomic E-state index is 5.68. The number of hydrogen-bond acceptors (Lipinski definition) is 3. The number of ether oxygens (including phenoxy) is 1. The molecule has 1 aliphatic rings. The van der Waals surface area contributed by atoms with E-state index in [4.69, 9.17) is 10.5 Å². The summed E-state index contributed by atoms with van der Waals surface area (Å²) in [6, 6.07) is -0.0190. The van der Waals surface area contributed by atoms with E-state index < -0.39 is 0 Å². The summed E-state index contributed by atoms with van der Waals surface area (Å²) in [6.45, 7) is 3.95. The Balaban J connectivity index is 2.57. The molecule has 2 unspecified atom stereocenters. The first-order valence-corrected chi connectivity index (χ1v) is 5.26. The van der Waals surface area contributed by atoms with Crippen LogP contribution in [0.2, 0.25) is 0 Å². The Bertz CT molecular complexity index is 342. The van der Waals surface area contributed by atoms with Crippen LogP contribution in [0.15, 0.2) is 40.7 Å². The molecule has 1 aliphatic carbocycles. The normalized spacial score (nSPS) is 25.9. The van der Waals surface area contributed by atoms with Crippen molar-refractivity contribution in [1.29, 1.82) is 0 Å². The van der Waals surface area contributed by atoms with Gasteiger partial charge in [-0.1, -0.05) is 12.2 Å². The maximum absolute atomic E-state index is 5.68. The fourth-order valence-corrected chi connectivity index (χ4v) is 1.31. The third-order valence-corrected chi connectivity index (χ3v) is 2.42. The van der Waals surface area contributed by atoms with Crippen LogP contribution in [0.1, 0.15) is 13.8 Å². The molecule has 4 nitrogen and oxygen atoms in total. The maximum Gasteiger partial charge on any atom is 0.103 e. The number of nitrogens with zero attached hydrogens (tertiary/aromatic N) is 1. The highest BCUT2D eigenvalue weighted by Crippen LogP contribution is 2.13. The van der Waals surface area contributed by atoms with Crippen LogP contribution in [0, 0.1) is 0 Å². The monoisotopic (exact) mass is 221 g/mol. The molecule has 0 spiro atoms. The second kappa shape index (κ2) is 6.12. The lowest BCUT2D eigenvalue weighted by atomic mass is 10.0. The molecule has 0 aromatic heterocycles. The molecule has 0 saturated heterocycles. The Kier molecular flexibility index (Phi) is 4.79. The Morgan fingerprint density at radius 3 is 3.00 bits per heavy atom. The molecule has 0 radical (unpaired) electrons. The van der Waals surface area contributed by atoms with Gasteiger partial charge in [0.15, 0.2) is 0 Å². The zero-order valence-electron chi connectivity index (χ0n) is 9.97. The number of aliphatic imine (C=N–C) groups is 1. The van der Waals surface area contributed by atoms with Gasteiger partial charge >= 0.3 is 0 Å². The predicted molar refractivity (Wildman–Crippen MR) is 67.1 cm³/mol. The molecule has 3 N–H and O–H groups in total. The van der Waals surface area contributed by atoms with E-state index >= 15 is 0 Å². The number of nitrogens with two attached hydrogens (primary N) is 1. The van der Waals surface area contributed by atoms with E-state index in [0.717, 1.165) is 11.4 Å². The van der Waals surface area contributed by atoms with Gasteiger partial charge in [-0.05, 0) is 26.0 Å². The molecule has 1 rings (SSSR count).